The fraction of sp³-hybridized carbons (Fsp3) is 0.424. The molecule has 10 atom stereocenters. The lowest BCUT2D eigenvalue weighted by Crippen LogP contribution is -2.59. The molecule has 0 radical (unpaired) electrons. The highest BCUT2D eigenvalue weighted by molar-refractivity contribution is 5.99. The van der Waals surface area contributed by atoms with Gasteiger partial charge in [0.25, 0.3) is 11.8 Å². The van der Waals surface area contributed by atoms with Crippen molar-refractivity contribution in [3.63, 3.8) is 0 Å². The average molecular weight is 1180 g/mol. The minimum absolute atomic E-state index is 0.0396. The Labute approximate surface area is 504 Å². The molecule has 2 aliphatic heterocycles. The number of rotatable bonds is 22. The molecule has 0 aromatic heterocycles. The average Bonchev–Trinajstić information content (AvgIpc) is 2.93. The van der Waals surface area contributed by atoms with Crippen molar-refractivity contribution < 1.29 is 47.8 Å². The molecular formula is C66H84N10O10. The Morgan fingerprint density at radius 3 is 1.06 bits per heavy atom. The van der Waals surface area contributed by atoms with E-state index in [4.69, 9.17) is 9.47 Å². The van der Waals surface area contributed by atoms with Crippen LogP contribution in [0.25, 0.3) is 0 Å². The van der Waals surface area contributed by atoms with Gasteiger partial charge in [0.1, 0.15) is 35.7 Å². The van der Waals surface area contributed by atoms with Crippen molar-refractivity contribution in [1.82, 2.24) is 52.3 Å². The molecule has 10 unspecified atom stereocenters. The Balaban J connectivity index is 1.11. The molecule has 0 aliphatic carbocycles. The second-order valence-corrected chi connectivity index (χ2v) is 24.3. The Kier molecular flexibility index (Phi) is 21.5. The Hall–Kier alpha value is -8.62. The summed E-state index contributed by atoms with van der Waals surface area (Å²) in [4.78, 5) is 117. The maximum absolute atomic E-state index is 14.9. The largest absolute Gasteiger partial charge is 0.497 e. The van der Waals surface area contributed by atoms with Crippen molar-refractivity contribution in [1.29, 1.82) is 0 Å². The first-order valence-electron chi connectivity index (χ1n) is 29.1. The Morgan fingerprint density at radius 1 is 0.453 bits per heavy atom. The van der Waals surface area contributed by atoms with Gasteiger partial charge in [0.2, 0.25) is 35.4 Å². The van der Waals surface area contributed by atoms with E-state index < -0.39 is 119 Å². The number of carbonyl (C=O) groups excluding carboxylic acids is 8. The van der Waals surface area contributed by atoms with Crippen LogP contribution in [-0.2, 0) is 28.8 Å². The van der Waals surface area contributed by atoms with Gasteiger partial charge in [-0.1, -0.05) is 126 Å². The number of likely N-dealkylation sites (tertiary alicyclic amines) is 2. The summed E-state index contributed by atoms with van der Waals surface area (Å²) in [5, 5.41) is 24.1. The van der Waals surface area contributed by atoms with E-state index in [0.717, 1.165) is 22.3 Å². The first kappa shape index (κ1) is 64.9. The standard InChI is InChI=1S/C66H84N10O10/c1-39(67-9)57(77)73-55(65(3,4)5)63(83)75-37-47(35-51(75)61(81)71-53(41-19-15-13-16-20-41)43-27-31-49(85-11)32-28-43)69-59(79)45-23-25-46(26-24-45)60(80)70-48-36-52(76(38-48)64(84)56(66(6,7)8)74-58(78)40(2)68-10)62(82)72-54(42-21-17-14-18-22-42)44-29-33-50(86-12)34-30-44/h13-34,39-40,47-48,51-56,67-68H,35-38H2,1-12H3,(H,69,79)(H,70,80)(H,71,81)(H,72,82)(H,73,77)(H,74,78). The zero-order chi connectivity index (χ0) is 62.6. The lowest BCUT2D eigenvalue weighted by molar-refractivity contribution is -0.144. The topological polar surface area (TPSA) is 258 Å². The van der Waals surface area contributed by atoms with E-state index in [1.54, 1.807) is 66.4 Å². The number of hydrogen-bond donors (Lipinski definition) is 8. The van der Waals surface area contributed by atoms with Crippen LogP contribution < -0.4 is 52.0 Å². The molecule has 86 heavy (non-hydrogen) atoms. The van der Waals surface area contributed by atoms with E-state index in [1.807, 2.05) is 126 Å². The van der Waals surface area contributed by atoms with Crippen LogP contribution in [0.15, 0.2) is 133 Å². The smallest absolute Gasteiger partial charge is 0.251 e. The molecule has 20 nitrogen and oxygen atoms in total. The number of hydrogen-bond acceptors (Lipinski definition) is 12. The number of amides is 8. The second-order valence-electron chi connectivity index (χ2n) is 24.3. The summed E-state index contributed by atoms with van der Waals surface area (Å²) in [6.07, 6.45) is 0.0792. The first-order chi connectivity index (χ1) is 40.8. The van der Waals surface area contributed by atoms with E-state index in [9.17, 15) is 38.4 Å². The number of benzene rings is 5. The van der Waals surface area contributed by atoms with Crippen LogP contribution in [0, 0.1) is 10.8 Å². The molecule has 0 saturated carbocycles. The molecular weight excluding hydrogens is 1090 g/mol. The van der Waals surface area contributed by atoms with Crippen LogP contribution in [0.5, 0.6) is 11.5 Å². The Bertz CT molecular complexity index is 2960. The fourth-order valence-electron chi connectivity index (χ4n) is 10.7. The van der Waals surface area contributed by atoms with Crippen molar-refractivity contribution in [3.05, 3.63) is 167 Å². The molecule has 5 aromatic carbocycles. The normalized spacial score (nSPS) is 18.9. The van der Waals surface area contributed by atoms with Crippen molar-refractivity contribution >= 4 is 47.3 Å². The third-order valence-corrected chi connectivity index (χ3v) is 16.0. The molecule has 5 aromatic rings. The predicted molar refractivity (Wildman–Crippen MR) is 328 cm³/mol. The molecule has 2 fully saturated rings. The van der Waals surface area contributed by atoms with Gasteiger partial charge in [-0.15, -0.1) is 0 Å². The minimum atomic E-state index is -1.07. The molecule has 7 rings (SSSR count). The summed E-state index contributed by atoms with van der Waals surface area (Å²) in [7, 11) is 6.42. The van der Waals surface area contributed by atoms with E-state index >= 15 is 0 Å². The quantitative estimate of drug-likeness (QED) is 0.0446. The summed E-state index contributed by atoms with van der Waals surface area (Å²) in [5.74, 6) is -2.49. The van der Waals surface area contributed by atoms with Gasteiger partial charge in [-0.3, -0.25) is 38.4 Å². The monoisotopic (exact) mass is 1180 g/mol. The van der Waals surface area contributed by atoms with Crippen LogP contribution in [0.2, 0.25) is 0 Å². The van der Waals surface area contributed by atoms with Crippen LogP contribution in [0.4, 0.5) is 0 Å². The fourth-order valence-corrected chi connectivity index (χ4v) is 10.7. The molecule has 0 bridgehead atoms. The van der Waals surface area contributed by atoms with Crippen LogP contribution >= 0.6 is 0 Å². The molecule has 458 valence electrons. The maximum Gasteiger partial charge on any atom is 0.251 e. The summed E-state index contributed by atoms with van der Waals surface area (Å²) in [6, 6.07) is 31.2. The van der Waals surface area contributed by atoms with E-state index in [-0.39, 0.29) is 37.1 Å². The number of ether oxygens (including phenoxy) is 2. The minimum Gasteiger partial charge on any atom is -0.497 e. The summed E-state index contributed by atoms with van der Waals surface area (Å²) < 4.78 is 10.8. The van der Waals surface area contributed by atoms with Gasteiger partial charge in [-0.2, -0.15) is 0 Å². The number of likely N-dealkylation sites (N-methyl/N-ethyl adjacent to an activating group) is 2. The van der Waals surface area contributed by atoms with Gasteiger partial charge in [-0.25, -0.2) is 0 Å². The Morgan fingerprint density at radius 2 is 0.767 bits per heavy atom. The van der Waals surface area contributed by atoms with E-state index in [2.05, 4.69) is 42.5 Å². The van der Waals surface area contributed by atoms with Gasteiger partial charge < -0.3 is 61.8 Å². The maximum atomic E-state index is 14.9. The highest BCUT2D eigenvalue weighted by atomic mass is 16.5. The van der Waals surface area contributed by atoms with E-state index in [0.29, 0.717) is 11.5 Å². The van der Waals surface area contributed by atoms with Crippen LogP contribution in [-0.4, -0.2) is 147 Å². The number of nitrogens with zero attached hydrogens (tertiary/aromatic N) is 2. The van der Waals surface area contributed by atoms with Crippen molar-refractivity contribution in [3.8, 4) is 11.5 Å². The molecule has 2 saturated heterocycles. The van der Waals surface area contributed by atoms with Gasteiger partial charge in [0.15, 0.2) is 0 Å². The van der Waals surface area contributed by atoms with Crippen molar-refractivity contribution in [2.75, 3.05) is 41.4 Å². The number of carbonyl (C=O) groups is 8. The zero-order valence-electron chi connectivity index (χ0n) is 51.3. The lowest BCUT2D eigenvalue weighted by atomic mass is 9.85. The highest BCUT2D eigenvalue weighted by Gasteiger charge is 2.48. The van der Waals surface area contributed by atoms with Gasteiger partial charge in [0, 0.05) is 36.3 Å². The molecule has 20 heteroatoms. The van der Waals surface area contributed by atoms with Crippen LogP contribution in [0.1, 0.15) is 123 Å². The molecule has 2 aliphatic rings. The summed E-state index contributed by atoms with van der Waals surface area (Å²) >= 11 is 0. The predicted octanol–water partition coefficient (Wildman–Crippen LogP) is 5.19. The number of nitrogens with one attached hydrogen (secondary N) is 8. The first-order valence-corrected chi connectivity index (χ1v) is 29.1. The summed E-state index contributed by atoms with van der Waals surface area (Å²) in [6.45, 7) is 14.2. The third kappa shape index (κ3) is 16.0. The van der Waals surface area contributed by atoms with Crippen molar-refractivity contribution in [2.24, 2.45) is 10.8 Å². The SMILES string of the molecule is CNC(C)C(=O)NC(C(=O)N1CC(NC(=O)c2ccc(C(=O)NC3CC(C(=O)NC(c4ccccc4)c4ccc(OC)cc4)N(C(=O)C(NC(=O)C(C)NC)C(C)(C)C)C3)cc2)CC1C(=O)NC(c1ccccc1)c1ccc(OC)cc1)C(C)(C)C. The van der Waals surface area contributed by atoms with Gasteiger partial charge >= 0.3 is 0 Å². The second kappa shape index (κ2) is 28.5. The van der Waals surface area contributed by atoms with Gasteiger partial charge in [-0.05, 0) is 122 Å². The molecule has 2 heterocycles. The van der Waals surface area contributed by atoms with Gasteiger partial charge in [0.05, 0.1) is 38.4 Å². The highest BCUT2D eigenvalue weighted by Crippen LogP contribution is 2.32. The molecule has 8 N–H and O–H groups in total. The lowest BCUT2D eigenvalue weighted by Gasteiger charge is -2.36. The zero-order valence-corrected chi connectivity index (χ0v) is 51.3. The third-order valence-electron chi connectivity index (χ3n) is 16.0. The van der Waals surface area contributed by atoms with Crippen molar-refractivity contribution in [2.45, 2.75) is 129 Å². The van der Waals surface area contributed by atoms with Crippen LogP contribution in [0.3, 0.4) is 0 Å². The molecule has 8 amide bonds. The van der Waals surface area contributed by atoms with E-state index in [1.165, 1.54) is 34.1 Å². The summed E-state index contributed by atoms with van der Waals surface area (Å²) in [5.41, 5.74) is 1.92. The molecule has 0 spiro atoms. The number of methoxy groups -OCH3 is 2.